The number of hydrogen-bond donors (Lipinski definition) is 1. The van der Waals surface area contributed by atoms with E-state index in [1.54, 1.807) is 6.20 Å². The standard InChI is InChI=1S/C19H27N5O2/c1-13(25)20-9-11-24-17-15(6-5-8-21-17)16(22-24)14-7-10-23(12-14)18(26)19(2,3)4/h5-6,8,14H,7,9-12H2,1-4H3,(H,20,25). The third kappa shape index (κ3) is 3.71. The van der Waals surface area contributed by atoms with Gasteiger partial charge in [0.15, 0.2) is 5.65 Å². The summed E-state index contributed by atoms with van der Waals surface area (Å²) in [6.45, 7) is 9.93. The van der Waals surface area contributed by atoms with Crippen LogP contribution in [0.2, 0.25) is 0 Å². The number of likely N-dealkylation sites (tertiary alicyclic amines) is 1. The monoisotopic (exact) mass is 357 g/mol. The second-order valence-electron chi connectivity index (χ2n) is 7.95. The fourth-order valence-electron chi connectivity index (χ4n) is 3.47. The van der Waals surface area contributed by atoms with Gasteiger partial charge in [0, 0.05) is 49.5 Å². The molecule has 3 rings (SSSR count). The molecule has 2 aromatic heterocycles. The molecule has 0 bridgehead atoms. The van der Waals surface area contributed by atoms with Crippen LogP contribution in [0.15, 0.2) is 18.3 Å². The van der Waals surface area contributed by atoms with Gasteiger partial charge in [0.2, 0.25) is 11.8 Å². The highest BCUT2D eigenvalue weighted by Crippen LogP contribution is 2.33. The lowest BCUT2D eigenvalue weighted by molar-refractivity contribution is -0.138. The Labute approximate surface area is 153 Å². The third-order valence-corrected chi connectivity index (χ3v) is 4.74. The van der Waals surface area contributed by atoms with Gasteiger partial charge < -0.3 is 10.2 Å². The summed E-state index contributed by atoms with van der Waals surface area (Å²) in [5.41, 5.74) is 1.46. The van der Waals surface area contributed by atoms with Gasteiger partial charge in [0.05, 0.1) is 12.2 Å². The third-order valence-electron chi connectivity index (χ3n) is 4.74. The fraction of sp³-hybridized carbons (Fsp3) is 0.579. The minimum atomic E-state index is -0.365. The summed E-state index contributed by atoms with van der Waals surface area (Å²) in [6.07, 6.45) is 2.67. The first-order valence-corrected chi connectivity index (χ1v) is 9.12. The van der Waals surface area contributed by atoms with Gasteiger partial charge in [-0.2, -0.15) is 5.10 Å². The number of fused-ring (bicyclic) bond motifs is 1. The highest BCUT2D eigenvalue weighted by molar-refractivity contribution is 5.82. The van der Waals surface area contributed by atoms with Crippen LogP contribution in [-0.4, -0.2) is 51.1 Å². The zero-order chi connectivity index (χ0) is 18.9. The molecule has 1 fully saturated rings. The summed E-state index contributed by atoms with van der Waals surface area (Å²) in [6, 6.07) is 3.95. The number of pyridine rings is 1. The Kier molecular flexibility index (Phi) is 4.98. The van der Waals surface area contributed by atoms with Gasteiger partial charge in [-0.3, -0.25) is 9.59 Å². The predicted molar refractivity (Wildman–Crippen MR) is 99.6 cm³/mol. The van der Waals surface area contributed by atoms with E-state index in [9.17, 15) is 9.59 Å². The van der Waals surface area contributed by atoms with Gasteiger partial charge in [-0.05, 0) is 18.6 Å². The summed E-state index contributed by atoms with van der Waals surface area (Å²) in [5, 5.41) is 8.62. The maximum Gasteiger partial charge on any atom is 0.227 e. The lowest BCUT2D eigenvalue weighted by atomic mass is 9.95. The van der Waals surface area contributed by atoms with E-state index in [0.29, 0.717) is 19.6 Å². The largest absolute Gasteiger partial charge is 0.354 e. The minimum Gasteiger partial charge on any atom is -0.354 e. The van der Waals surface area contributed by atoms with Crippen LogP contribution in [0.1, 0.15) is 45.7 Å². The zero-order valence-corrected chi connectivity index (χ0v) is 16.0. The molecule has 1 aliphatic rings. The maximum atomic E-state index is 12.6. The van der Waals surface area contributed by atoms with Gasteiger partial charge in [-0.1, -0.05) is 20.8 Å². The molecule has 0 aliphatic carbocycles. The Bertz CT molecular complexity index is 821. The normalized spacial score (nSPS) is 17.7. The smallest absolute Gasteiger partial charge is 0.227 e. The van der Waals surface area contributed by atoms with Crippen molar-refractivity contribution in [3.63, 3.8) is 0 Å². The van der Waals surface area contributed by atoms with Gasteiger partial charge in [-0.15, -0.1) is 0 Å². The molecule has 2 aromatic rings. The number of rotatable bonds is 4. The van der Waals surface area contributed by atoms with Crippen LogP contribution < -0.4 is 5.32 Å². The van der Waals surface area contributed by atoms with Crippen molar-refractivity contribution in [3.05, 3.63) is 24.0 Å². The molecule has 1 N–H and O–H groups in total. The molecule has 0 aromatic carbocycles. The molecular formula is C19H27N5O2. The van der Waals surface area contributed by atoms with E-state index in [1.807, 2.05) is 42.5 Å². The Hall–Kier alpha value is -2.44. The van der Waals surface area contributed by atoms with Crippen molar-refractivity contribution in [2.75, 3.05) is 19.6 Å². The van der Waals surface area contributed by atoms with Crippen LogP contribution in [0.3, 0.4) is 0 Å². The molecule has 2 amide bonds. The molecule has 1 unspecified atom stereocenters. The molecule has 0 radical (unpaired) electrons. The second-order valence-corrected chi connectivity index (χ2v) is 7.95. The lowest BCUT2D eigenvalue weighted by Gasteiger charge is -2.25. The van der Waals surface area contributed by atoms with Crippen LogP contribution >= 0.6 is 0 Å². The number of nitrogens with zero attached hydrogens (tertiary/aromatic N) is 4. The van der Waals surface area contributed by atoms with Crippen molar-refractivity contribution >= 4 is 22.8 Å². The molecular weight excluding hydrogens is 330 g/mol. The Morgan fingerprint density at radius 1 is 1.35 bits per heavy atom. The maximum absolute atomic E-state index is 12.6. The van der Waals surface area contributed by atoms with Crippen LogP contribution in [0.25, 0.3) is 11.0 Å². The first kappa shape index (κ1) is 18.4. The van der Waals surface area contributed by atoms with E-state index in [1.165, 1.54) is 6.92 Å². The SMILES string of the molecule is CC(=O)NCCn1nc(C2CCN(C(=O)C(C)(C)C)C2)c2cccnc21. The number of carbonyl (C=O) groups excluding carboxylic acids is 2. The van der Waals surface area contributed by atoms with E-state index in [0.717, 1.165) is 29.7 Å². The summed E-state index contributed by atoms with van der Waals surface area (Å²) in [4.78, 5) is 30.1. The van der Waals surface area contributed by atoms with Crippen LogP contribution in [0.5, 0.6) is 0 Å². The van der Waals surface area contributed by atoms with Crippen LogP contribution in [0, 0.1) is 5.41 Å². The van der Waals surface area contributed by atoms with Crippen molar-refractivity contribution < 1.29 is 9.59 Å². The number of amides is 2. The molecule has 1 aliphatic heterocycles. The molecule has 1 atom stereocenters. The molecule has 7 nitrogen and oxygen atoms in total. The Morgan fingerprint density at radius 3 is 2.81 bits per heavy atom. The quantitative estimate of drug-likeness (QED) is 0.907. The van der Waals surface area contributed by atoms with Crippen molar-refractivity contribution in [3.8, 4) is 0 Å². The molecule has 26 heavy (non-hydrogen) atoms. The van der Waals surface area contributed by atoms with E-state index < -0.39 is 0 Å². The Balaban J connectivity index is 1.82. The lowest BCUT2D eigenvalue weighted by Crippen LogP contribution is -2.37. The second kappa shape index (κ2) is 7.05. The van der Waals surface area contributed by atoms with Crippen LogP contribution in [0.4, 0.5) is 0 Å². The van der Waals surface area contributed by atoms with Gasteiger partial charge >= 0.3 is 0 Å². The first-order valence-electron chi connectivity index (χ1n) is 9.12. The van der Waals surface area contributed by atoms with E-state index in [4.69, 9.17) is 5.10 Å². The molecule has 3 heterocycles. The highest BCUT2D eigenvalue weighted by atomic mass is 16.2. The van der Waals surface area contributed by atoms with Crippen molar-refractivity contribution in [2.24, 2.45) is 5.41 Å². The van der Waals surface area contributed by atoms with Crippen molar-refractivity contribution in [2.45, 2.75) is 46.6 Å². The summed E-state index contributed by atoms with van der Waals surface area (Å²) in [5.74, 6) is 0.351. The molecule has 7 heteroatoms. The number of carbonyl (C=O) groups is 2. The van der Waals surface area contributed by atoms with Crippen LogP contribution in [-0.2, 0) is 16.1 Å². The van der Waals surface area contributed by atoms with Gasteiger partial charge in [0.1, 0.15) is 0 Å². The number of hydrogen-bond acceptors (Lipinski definition) is 4. The molecule has 0 saturated carbocycles. The molecule has 140 valence electrons. The Morgan fingerprint density at radius 2 is 2.12 bits per heavy atom. The molecule has 1 saturated heterocycles. The fourth-order valence-corrected chi connectivity index (χ4v) is 3.47. The molecule has 0 spiro atoms. The predicted octanol–water partition coefficient (Wildman–Crippen LogP) is 1.93. The zero-order valence-electron chi connectivity index (χ0n) is 16.0. The van der Waals surface area contributed by atoms with Crippen molar-refractivity contribution in [1.29, 1.82) is 0 Å². The highest BCUT2D eigenvalue weighted by Gasteiger charge is 2.35. The first-order chi connectivity index (χ1) is 12.3. The summed E-state index contributed by atoms with van der Waals surface area (Å²) >= 11 is 0. The summed E-state index contributed by atoms with van der Waals surface area (Å²) < 4.78 is 1.86. The van der Waals surface area contributed by atoms with Gasteiger partial charge in [0.25, 0.3) is 0 Å². The topological polar surface area (TPSA) is 80.1 Å². The van der Waals surface area contributed by atoms with E-state index in [2.05, 4.69) is 10.3 Å². The number of nitrogens with one attached hydrogen (secondary N) is 1. The average Bonchev–Trinajstić information content (AvgIpc) is 3.18. The number of aromatic nitrogens is 3. The van der Waals surface area contributed by atoms with E-state index >= 15 is 0 Å². The van der Waals surface area contributed by atoms with Crippen molar-refractivity contribution in [1.82, 2.24) is 25.0 Å². The minimum absolute atomic E-state index is 0.0539. The van der Waals surface area contributed by atoms with E-state index in [-0.39, 0.29) is 23.1 Å². The summed E-state index contributed by atoms with van der Waals surface area (Å²) in [7, 11) is 0. The average molecular weight is 357 g/mol. The van der Waals surface area contributed by atoms with Gasteiger partial charge in [-0.25, -0.2) is 9.67 Å².